The molecular weight excluding hydrogens is 569 g/mol. The van der Waals surface area contributed by atoms with Crippen LogP contribution in [0.2, 0.25) is 0 Å². The van der Waals surface area contributed by atoms with Crippen molar-refractivity contribution in [3.05, 3.63) is 193 Å². The summed E-state index contributed by atoms with van der Waals surface area (Å²) in [7, 11) is 0. The van der Waals surface area contributed by atoms with Crippen molar-refractivity contribution < 1.29 is 0 Å². The number of hydrogen-bond donors (Lipinski definition) is 0. The normalized spacial score (nSPS) is 11.4. The zero-order chi connectivity index (χ0) is 32.0. The van der Waals surface area contributed by atoms with Gasteiger partial charge in [0, 0.05) is 39.4 Å². The molecule has 7 rings (SSSR count). The predicted molar refractivity (Wildman–Crippen MR) is 202 cm³/mol. The Morgan fingerprint density at radius 2 is 1.00 bits per heavy atom. The zero-order valence-corrected chi connectivity index (χ0v) is 26.9. The van der Waals surface area contributed by atoms with Crippen LogP contribution < -0.4 is 9.80 Å². The van der Waals surface area contributed by atoms with E-state index in [1.54, 1.807) is 0 Å². The molecule has 0 radical (unpaired) electrons. The van der Waals surface area contributed by atoms with Gasteiger partial charge >= 0.3 is 0 Å². The van der Waals surface area contributed by atoms with E-state index in [0.717, 1.165) is 34.9 Å². The lowest BCUT2D eigenvalue weighted by atomic mass is 9.99. The summed E-state index contributed by atoms with van der Waals surface area (Å²) in [5, 5.41) is 2.45. The van der Waals surface area contributed by atoms with Gasteiger partial charge in [-0.3, -0.25) is 0 Å². The highest BCUT2D eigenvalue weighted by Crippen LogP contribution is 2.40. The van der Waals surface area contributed by atoms with Gasteiger partial charge < -0.3 is 9.80 Å². The Labute approximate surface area is 278 Å². The van der Waals surface area contributed by atoms with Gasteiger partial charge in [0.2, 0.25) is 0 Å². The Balaban J connectivity index is 1.24. The van der Waals surface area contributed by atoms with E-state index in [4.69, 9.17) is 0 Å². The molecule has 228 valence electrons. The average molecular weight is 607 g/mol. The molecule has 0 bridgehead atoms. The smallest absolute Gasteiger partial charge is 0.0540 e. The van der Waals surface area contributed by atoms with Crippen LogP contribution in [0, 0.1) is 0 Å². The molecule has 7 aromatic rings. The summed E-state index contributed by atoms with van der Waals surface area (Å²) in [4.78, 5) is 4.71. The monoisotopic (exact) mass is 606 g/mol. The standard InChI is InChI=1S/C45H38N2/c1-3-34-16-11-13-23-42(34)44(4-2)46(38-19-7-5-8-20-38)40-30-26-35(27-31-40)36-28-32-41(33-29-36)47(39-21-9-6-10-22-39)45-25-15-18-37-17-12-14-24-43(37)45/h4-33H,3H2,1-2H3/b44-4+. The highest BCUT2D eigenvalue weighted by atomic mass is 15.2. The van der Waals surface area contributed by atoms with E-state index >= 15 is 0 Å². The quantitative estimate of drug-likeness (QED) is 0.161. The lowest BCUT2D eigenvalue weighted by Gasteiger charge is -2.29. The second-order valence-corrected chi connectivity index (χ2v) is 11.6. The Kier molecular flexibility index (Phi) is 8.66. The number of aryl methyl sites for hydroxylation is 1. The maximum Gasteiger partial charge on any atom is 0.0540 e. The van der Waals surface area contributed by atoms with E-state index in [9.17, 15) is 0 Å². The Hall–Kier alpha value is -5.86. The van der Waals surface area contributed by atoms with Crippen LogP contribution in [0.5, 0.6) is 0 Å². The molecule has 0 fully saturated rings. The van der Waals surface area contributed by atoms with Crippen LogP contribution in [0.3, 0.4) is 0 Å². The van der Waals surface area contributed by atoms with Crippen molar-refractivity contribution in [2.24, 2.45) is 0 Å². The molecule has 0 spiro atoms. The summed E-state index contributed by atoms with van der Waals surface area (Å²) in [6, 6.07) is 63.0. The fourth-order valence-corrected chi connectivity index (χ4v) is 6.50. The second-order valence-electron chi connectivity index (χ2n) is 11.6. The van der Waals surface area contributed by atoms with Crippen LogP contribution in [0.15, 0.2) is 182 Å². The first-order chi connectivity index (χ1) is 23.2. The molecule has 0 heterocycles. The summed E-state index contributed by atoms with van der Waals surface area (Å²) < 4.78 is 0. The van der Waals surface area contributed by atoms with Gasteiger partial charge in [-0.1, -0.05) is 134 Å². The van der Waals surface area contributed by atoms with E-state index in [2.05, 4.69) is 206 Å². The van der Waals surface area contributed by atoms with E-state index in [1.165, 1.54) is 38.7 Å². The summed E-state index contributed by atoms with van der Waals surface area (Å²) in [5.74, 6) is 0. The minimum absolute atomic E-state index is 0.979. The Bertz CT molecular complexity index is 2110. The molecule has 0 aromatic heterocycles. The molecule has 0 N–H and O–H groups in total. The highest BCUT2D eigenvalue weighted by Gasteiger charge is 2.19. The highest BCUT2D eigenvalue weighted by molar-refractivity contribution is 5.99. The van der Waals surface area contributed by atoms with Crippen LogP contribution in [-0.2, 0) is 6.42 Å². The van der Waals surface area contributed by atoms with Crippen molar-refractivity contribution in [2.75, 3.05) is 9.80 Å². The van der Waals surface area contributed by atoms with Crippen molar-refractivity contribution in [1.82, 2.24) is 0 Å². The van der Waals surface area contributed by atoms with Crippen LogP contribution in [-0.4, -0.2) is 0 Å². The topological polar surface area (TPSA) is 6.48 Å². The summed E-state index contributed by atoms with van der Waals surface area (Å²) >= 11 is 0. The first-order valence-electron chi connectivity index (χ1n) is 16.4. The van der Waals surface area contributed by atoms with Gasteiger partial charge in [-0.2, -0.15) is 0 Å². The summed E-state index contributed by atoms with van der Waals surface area (Å²) in [5.41, 5.74) is 11.8. The van der Waals surface area contributed by atoms with Crippen LogP contribution in [0.4, 0.5) is 28.4 Å². The van der Waals surface area contributed by atoms with E-state index in [0.29, 0.717) is 0 Å². The third-order valence-corrected chi connectivity index (χ3v) is 8.81. The summed E-state index contributed by atoms with van der Waals surface area (Å²) in [6.07, 6.45) is 3.20. The number of rotatable bonds is 9. The van der Waals surface area contributed by atoms with Crippen LogP contribution in [0.25, 0.3) is 27.6 Å². The molecular formula is C45H38N2. The number of nitrogens with zero attached hydrogens (tertiary/aromatic N) is 2. The van der Waals surface area contributed by atoms with E-state index < -0.39 is 0 Å². The van der Waals surface area contributed by atoms with Gasteiger partial charge in [0.1, 0.15) is 0 Å². The third kappa shape index (κ3) is 6.06. The maximum atomic E-state index is 2.36. The maximum absolute atomic E-state index is 2.36. The molecule has 0 aliphatic carbocycles. The predicted octanol–water partition coefficient (Wildman–Crippen LogP) is 12.7. The molecule has 47 heavy (non-hydrogen) atoms. The molecule has 2 heteroatoms. The van der Waals surface area contributed by atoms with Crippen molar-refractivity contribution in [2.45, 2.75) is 20.3 Å². The van der Waals surface area contributed by atoms with Gasteiger partial charge in [0.15, 0.2) is 0 Å². The minimum atomic E-state index is 0.979. The first kappa shape index (κ1) is 29.8. The second kappa shape index (κ2) is 13.6. The summed E-state index contributed by atoms with van der Waals surface area (Å²) in [6.45, 7) is 4.35. The van der Waals surface area contributed by atoms with Crippen LogP contribution >= 0.6 is 0 Å². The number of para-hydroxylation sites is 2. The van der Waals surface area contributed by atoms with E-state index in [1.807, 2.05) is 0 Å². The Morgan fingerprint density at radius 1 is 0.489 bits per heavy atom. The first-order valence-corrected chi connectivity index (χ1v) is 16.4. The number of hydrogen-bond acceptors (Lipinski definition) is 2. The van der Waals surface area contributed by atoms with Gasteiger partial charge in [-0.25, -0.2) is 0 Å². The Morgan fingerprint density at radius 3 is 1.66 bits per heavy atom. The zero-order valence-electron chi connectivity index (χ0n) is 26.9. The molecule has 7 aromatic carbocycles. The van der Waals surface area contributed by atoms with Gasteiger partial charge in [-0.05, 0) is 90.0 Å². The van der Waals surface area contributed by atoms with Gasteiger partial charge in [0.25, 0.3) is 0 Å². The largest absolute Gasteiger partial charge is 0.310 e. The number of benzene rings is 7. The van der Waals surface area contributed by atoms with Gasteiger partial charge in [-0.15, -0.1) is 0 Å². The van der Waals surface area contributed by atoms with Gasteiger partial charge in [0.05, 0.1) is 5.69 Å². The lowest BCUT2D eigenvalue weighted by molar-refractivity contribution is 1.12. The molecule has 0 amide bonds. The molecule has 0 unspecified atom stereocenters. The molecule has 0 aliphatic heterocycles. The van der Waals surface area contributed by atoms with Crippen LogP contribution in [0.1, 0.15) is 25.0 Å². The molecule has 0 saturated heterocycles. The molecule has 0 atom stereocenters. The third-order valence-electron chi connectivity index (χ3n) is 8.81. The van der Waals surface area contributed by atoms with E-state index in [-0.39, 0.29) is 0 Å². The number of anilines is 5. The van der Waals surface area contributed by atoms with Crippen molar-refractivity contribution >= 4 is 44.9 Å². The van der Waals surface area contributed by atoms with Crippen molar-refractivity contribution in [3.8, 4) is 11.1 Å². The fraction of sp³-hybridized carbons (Fsp3) is 0.0667. The molecule has 0 aliphatic rings. The van der Waals surface area contributed by atoms with Crippen molar-refractivity contribution in [1.29, 1.82) is 0 Å². The average Bonchev–Trinajstić information content (AvgIpc) is 3.15. The lowest BCUT2D eigenvalue weighted by Crippen LogP contribution is -2.16. The number of fused-ring (bicyclic) bond motifs is 1. The molecule has 0 saturated carbocycles. The SMILES string of the molecule is C/C=C(\c1ccccc1CC)N(c1ccccc1)c1ccc(-c2ccc(N(c3ccccc3)c3cccc4ccccc34)cc2)cc1. The fourth-order valence-electron chi connectivity index (χ4n) is 6.50. The minimum Gasteiger partial charge on any atom is -0.310 e. The molecule has 2 nitrogen and oxygen atoms in total. The number of allylic oxidation sites excluding steroid dienone is 1. The van der Waals surface area contributed by atoms with Crippen molar-refractivity contribution in [3.63, 3.8) is 0 Å².